The number of aromatic nitrogens is 3. The summed E-state index contributed by atoms with van der Waals surface area (Å²) in [5, 5.41) is 14.3. The molecular formula is C19H18FN7. The molecule has 8 heteroatoms. The largest absolute Gasteiger partial charge is 0.405 e. The van der Waals surface area contributed by atoms with Gasteiger partial charge in [-0.3, -0.25) is 4.98 Å². The second-order valence-corrected chi connectivity index (χ2v) is 5.59. The molecule has 3 aromatic rings. The van der Waals surface area contributed by atoms with Gasteiger partial charge in [0, 0.05) is 24.5 Å². The first-order chi connectivity index (χ1) is 13.1. The van der Waals surface area contributed by atoms with Crippen LogP contribution in [0.1, 0.15) is 11.1 Å². The molecule has 0 saturated carbocycles. The molecule has 0 radical (unpaired) electrons. The number of nitrogens with one attached hydrogen (secondary N) is 3. The zero-order chi connectivity index (χ0) is 19.1. The molecule has 0 spiro atoms. The highest BCUT2D eigenvalue weighted by molar-refractivity contribution is 6.07. The maximum Gasteiger partial charge on any atom is 0.150 e. The van der Waals surface area contributed by atoms with Gasteiger partial charge in [0.2, 0.25) is 0 Å². The number of hydrogen-bond acceptors (Lipinski definition) is 7. The predicted molar refractivity (Wildman–Crippen MR) is 103 cm³/mol. The van der Waals surface area contributed by atoms with Gasteiger partial charge in [-0.15, -0.1) is 0 Å². The summed E-state index contributed by atoms with van der Waals surface area (Å²) >= 11 is 0. The van der Waals surface area contributed by atoms with Gasteiger partial charge in [0.15, 0.2) is 0 Å². The Labute approximate surface area is 155 Å². The van der Waals surface area contributed by atoms with Crippen molar-refractivity contribution in [2.45, 2.75) is 6.54 Å². The summed E-state index contributed by atoms with van der Waals surface area (Å²) in [6.45, 7) is 0.460. The molecule has 2 aromatic heterocycles. The lowest BCUT2D eigenvalue weighted by molar-refractivity contribution is 0.627. The monoisotopic (exact) mass is 363 g/mol. The van der Waals surface area contributed by atoms with Crippen LogP contribution >= 0.6 is 0 Å². The molecule has 0 bridgehead atoms. The lowest BCUT2D eigenvalue weighted by Gasteiger charge is -2.12. The van der Waals surface area contributed by atoms with Crippen molar-refractivity contribution >= 4 is 23.2 Å². The second-order valence-electron chi connectivity index (χ2n) is 5.59. The van der Waals surface area contributed by atoms with Crippen molar-refractivity contribution < 1.29 is 4.39 Å². The van der Waals surface area contributed by atoms with E-state index < -0.39 is 0 Å². The molecule has 27 heavy (non-hydrogen) atoms. The Kier molecular flexibility index (Phi) is 5.68. The van der Waals surface area contributed by atoms with Crippen molar-refractivity contribution in [1.82, 2.24) is 15.0 Å². The van der Waals surface area contributed by atoms with E-state index in [1.807, 2.05) is 0 Å². The van der Waals surface area contributed by atoms with Crippen LogP contribution in [0.5, 0.6) is 0 Å². The number of pyridine rings is 1. The smallest absolute Gasteiger partial charge is 0.150 e. The van der Waals surface area contributed by atoms with Crippen molar-refractivity contribution in [2.24, 2.45) is 5.73 Å². The topological polar surface area (TPSA) is 113 Å². The van der Waals surface area contributed by atoms with Crippen LogP contribution < -0.4 is 16.4 Å². The highest BCUT2D eigenvalue weighted by Gasteiger charge is 2.07. The molecule has 2 heterocycles. The summed E-state index contributed by atoms with van der Waals surface area (Å²) in [6.07, 6.45) is 7.52. The minimum absolute atomic E-state index is 0.243. The van der Waals surface area contributed by atoms with Crippen LogP contribution in [0.15, 0.2) is 67.3 Å². The Morgan fingerprint density at radius 3 is 2.59 bits per heavy atom. The van der Waals surface area contributed by atoms with Crippen molar-refractivity contribution in [3.05, 3.63) is 84.2 Å². The van der Waals surface area contributed by atoms with Gasteiger partial charge in [-0.05, 0) is 42.1 Å². The third-order valence-electron chi connectivity index (χ3n) is 3.61. The van der Waals surface area contributed by atoms with E-state index in [0.717, 1.165) is 5.56 Å². The van der Waals surface area contributed by atoms with Crippen molar-refractivity contribution in [2.75, 3.05) is 10.6 Å². The molecule has 0 atom stereocenters. The number of halogens is 1. The predicted octanol–water partition coefficient (Wildman–Crippen LogP) is 3.21. The molecule has 0 aliphatic heterocycles. The van der Waals surface area contributed by atoms with E-state index in [4.69, 9.17) is 11.1 Å². The van der Waals surface area contributed by atoms with Gasteiger partial charge in [0.25, 0.3) is 0 Å². The first-order valence-corrected chi connectivity index (χ1v) is 8.14. The highest BCUT2D eigenvalue weighted by atomic mass is 19.1. The number of benzene rings is 1. The second kappa shape index (κ2) is 8.52. The maximum atomic E-state index is 13.0. The van der Waals surface area contributed by atoms with Gasteiger partial charge in [-0.25, -0.2) is 14.4 Å². The summed E-state index contributed by atoms with van der Waals surface area (Å²) < 4.78 is 13.0. The van der Waals surface area contributed by atoms with Gasteiger partial charge < -0.3 is 21.8 Å². The van der Waals surface area contributed by atoms with Crippen LogP contribution in [-0.4, -0.2) is 20.7 Å². The van der Waals surface area contributed by atoms with Gasteiger partial charge in [-0.2, -0.15) is 0 Å². The average Bonchev–Trinajstić information content (AvgIpc) is 2.68. The van der Waals surface area contributed by atoms with Gasteiger partial charge in [0.05, 0.1) is 11.9 Å². The fourth-order valence-electron chi connectivity index (χ4n) is 2.32. The normalized spacial score (nSPS) is 10.7. The molecular weight excluding hydrogens is 345 g/mol. The SMILES string of the molecule is N=C(/C=C\N)c1cc(NCc2ccc(F)cc2)nc(Nc2cnccn2)c1. The minimum Gasteiger partial charge on any atom is -0.405 e. The van der Waals surface area contributed by atoms with E-state index in [1.165, 1.54) is 24.4 Å². The molecule has 7 nitrogen and oxygen atoms in total. The van der Waals surface area contributed by atoms with Crippen LogP contribution in [0, 0.1) is 11.2 Å². The van der Waals surface area contributed by atoms with Crippen LogP contribution in [0.3, 0.4) is 0 Å². The van der Waals surface area contributed by atoms with Crippen LogP contribution in [0.25, 0.3) is 0 Å². The minimum atomic E-state index is -0.281. The van der Waals surface area contributed by atoms with E-state index in [0.29, 0.717) is 29.6 Å². The summed E-state index contributed by atoms with van der Waals surface area (Å²) in [5.74, 6) is 1.31. The lowest BCUT2D eigenvalue weighted by Crippen LogP contribution is -2.07. The summed E-state index contributed by atoms with van der Waals surface area (Å²) in [4.78, 5) is 12.7. The molecule has 136 valence electrons. The van der Waals surface area contributed by atoms with Crippen molar-refractivity contribution in [3.8, 4) is 0 Å². The summed E-state index contributed by atoms with van der Waals surface area (Å²) in [5.41, 5.74) is 7.17. The van der Waals surface area contributed by atoms with Crippen LogP contribution in [0.2, 0.25) is 0 Å². The van der Waals surface area contributed by atoms with Gasteiger partial charge in [0.1, 0.15) is 23.3 Å². The Balaban J connectivity index is 1.84. The first kappa shape index (κ1) is 18.0. The van der Waals surface area contributed by atoms with E-state index in [1.54, 1.807) is 42.9 Å². The number of anilines is 3. The molecule has 0 fully saturated rings. The van der Waals surface area contributed by atoms with E-state index in [-0.39, 0.29) is 11.5 Å². The Hall–Kier alpha value is -3.81. The number of hydrogen-bond donors (Lipinski definition) is 4. The highest BCUT2D eigenvalue weighted by Crippen LogP contribution is 2.19. The molecule has 0 amide bonds. The van der Waals surface area contributed by atoms with E-state index in [2.05, 4.69) is 25.6 Å². The molecule has 1 aromatic carbocycles. The average molecular weight is 363 g/mol. The molecule has 0 aliphatic carbocycles. The standard InChI is InChI=1S/C19H18FN7/c20-15-3-1-13(2-4-15)11-25-17-9-14(16(22)5-6-21)10-18(26-17)27-19-12-23-7-8-24-19/h1-10,12,22H,11,21H2,(H2,24,25,26,27)/b6-5-,22-16?. The number of rotatable bonds is 7. The zero-order valence-electron chi connectivity index (χ0n) is 14.4. The molecule has 0 saturated heterocycles. The fourth-order valence-corrected chi connectivity index (χ4v) is 2.32. The van der Waals surface area contributed by atoms with Crippen molar-refractivity contribution in [1.29, 1.82) is 5.41 Å². The first-order valence-electron chi connectivity index (χ1n) is 8.14. The van der Waals surface area contributed by atoms with E-state index >= 15 is 0 Å². The Bertz CT molecular complexity index is 940. The lowest BCUT2D eigenvalue weighted by atomic mass is 10.1. The summed E-state index contributed by atoms with van der Waals surface area (Å²) in [7, 11) is 0. The van der Waals surface area contributed by atoms with Crippen molar-refractivity contribution in [3.63, 3.8) is 0 Å². The molecule has 0 unspecified atom stereocenters. The van der Waals surface area contributed by atoms with Crippen LogP contribution in [0.4, 0.5) is 21.8 Å². The molecule has 3 rings (SSSR count). The quantitative estimate of drug-likeness (QED) is 0.480. The number of nitrogens with zero attached hydrogens (tertiary/aromatic N) is 3. The molecule has 0 aliphatic rings. The van der Waals surface area contributed by atoms with E-state index in [9.17, 15) is 4.39 Å². The summed E-state index contributed by atoms with van der Waals surface area (Å²) in [6, 6.07) is 9.68. The molecule has 5 N–H and O–H groups in total. The van der Waals surface area contributed by atoms with Gasteiger partial charge in [-0.1, -0.05) is 12.1 Å². The van der Waals surface area contributed by atoms with Crippen LogP contribution in [-0.2, 0) is 6.54 Å². The Morgan fingerprint density at radius 2 is 1.89 bits per heavy atom. The zero-order valence-corrected chi connectivity index (χ0v) is 14.4. The third kappa shape index (κ3) is 5.08. The van der Waals surface area contributed by atoms with Gasteiger partial charge >= 0.3 is 0 Å². The third-order valence-corrected chi connectivity index (χ3v) is 3.61. The Morgan fingerprint density at radius 1 is 1.11 bits per heavy atom. The number of nitrogens with two attached hydrogens (primary N) is 1. The maximum absolute atomic E-state index is 13.0. The number of allylic oxidation sites excluding steroid dienone is 1. The fraction of sp³-hybridized carbons (Fsp3) is 0.0526.